The third-order valence-electron chi connectivity index (χ3n) is 3.83. The summed E-state index contributed by atoms with van der Waals surface area (Å²) in [5.74, 6) is 1.39. The normalized spacial score (nSPS) is 17.4. The van der Waals surface area contributed by atoms with Gasteiger partial charge in [0.05, 0.1) is 0 Å². The van der Waals surface area contributed by atoms with E-state index in [4.69, 9.17) is 5.73 Å². The molecule has 0 bridgehead atoms. The minimum atomic E-state index is 0.529. The van der Waals surface area contributed by atoms with Gasteiger partial charge in [0.25, 0.3) is 0 Å². The zero-order valence-electron chi connectivity index (χ0n) is 11.9. The van der Waals surface area contributed by atoms with Crippen LogP contribution in [0, 0.1) is 12.8 Å². The van der Waals surface area contributed by atoms with Gasteiger partial charge in [0, 0.05) is 12.2 Å². The van der Waals surface area contributed by atoms with Crippen molar-refractivity contribution in [3.8, 4) is 0 Å². The van der Waals surface area contributed by atoms with Crippen LogP contribution >= 0.6 is 0 Å². The second kappa shape index (κ2) is 7.17. The number of nitrogens with zero attached hydrogens (tertiary/aromatic N) is 1. The quantitative estimate of drug-likeness (QED) is 0.640. The van der Waals surface area contributed by atoms with Gasteiger partial charge < -0.3 is 11.1 Å². The first kappa shape index (κ1) is 13.9. The Morgan fingerprint density at radius 2 is 2.11 bits per heavy atom. The molecule has 0 radical (unpaired) electrons. The Labute approximate surface area is 116 Å². The molecule has 104 valence electrons. The average molecular weight is 259 g/mol. The largest absolute Gasteiger partial charge is 0.370 e. The lowest BCUT2D eigenvalue weighted by Crippen LogP contribution is -2.23. The maximum absolute atomic E-state index is 5.91. The van der Waals surface area contributed by atoms with Crippen molar-refractivity contribution >= 4 is 11.6 Å². The molecule has 0 amide bonds. The molecule has 0 heterocycles. The van der Waals surface area contributed by atoms with Crippen LogP contribution < -0.4 is 11.1 Å². The number of benzene rings is 1. The highest BCUT2D eigenvalue weighted by molar-refractivity contribution is 5.92. The van der Waals surface area contributed by atoms with Crippen LogP contribution in [0.25, 0.3) is 0 Å². The van der Waals surface area contributed by atoms with Gasteiger partial charge in [-0.3, -0.25) is 4.99 Å². The molecule has 3 nitrogen and oxygen atoms in total. The van der Waals surface area contributed by atoms with E-state index in [1.165, 1.54) is 44.1 Å². The zero-order chi connectivity index (χ0) is 13.5. The Kier molecular flexibility index (Phi) is 5.25. The fourth-order valence-electron chi connectivity index (χ4n) is 2.75. The molecule has 19 heavy (non-hydrogen) atoms. The van der Waals surface area contributed by atoms with Crippen LogP contribution in [-0.4, -0.2) is 12.5 Å². The van der Waals surface area contributed by atoms with E-state index in [1.807, 2.05) is 12.1 Å². The van der Waals surface area contributed by atoms with Crippen molar-refractivity contribution in [2.24, 2.45) is 16.6 Å². The number of nitrogens with one attached hydrogen (secondary N) is 1. The fraction of sp³-hybridized carbons (Fsp3) is 0.562. The number of hydrogen-bond donors (Lipinski definition) is 2. The van der Waals surface area contributed by atoms with Gasteiger partial charge in [-0.15, -0.1) is 0 Å². The van der Waals surface area contributed by atoms with Crippen molar-refractivity contribution in [2.75, 3.05) is 11.9 Å². The van der Waals surface area contributed by atoms with Crippen molar-refractivity contribution in [1.29, 1.82) is 0 Å². The van der Waals surface area contributed by atoms with E-state index in [0.717, 1.165) is 18.2 Å². The molecule has 1 aromatic rings. The summed E-state index contributed by atoms with van der Waals surface area (Å²) in [4.78, 5) is 4.43. The highest BCUT2D eigenvalue weighted by atomic mass is 15.1. The Hall–Kier alpha value is -1.51. The number of guanidine groups is 1. The summed E-state index contributed by atoms with van der Waals surface area (Å²) < 4.78 is 0. The first-order valence-corrected chi connectivity index (χ1v) is 7.37. The number of aliphatic imine (C=N–C) groups is 1. The Morgan fingerprint density at radius 3 is 2.84 bits per heavy atom. The lowest BCUT2D eigenvalue weighted by Gasteiger charge is -2.20. The van der Waals surface area contributed by atoms with Gasteiger partial charge in [0.1, 0.15) is 0 Å². The van der Waals surface area contributed by atoms with E-state index in [0.29, 0.717) is 5.96 Å². The van der Waals surface area contributed by atoms with Gasteiger partial charge in [-0.2, -0.15) is 0 Å². The molecule has 0 saturated heterocycles. The number of anilines is 1. The van der Waals surface area contributed by atoms with E-state index in [-0.39, 0.29) is 0 Å². The maximum Gasteiger partial charge on any atom is 0.193 e. The maximum atomic E-state index is 5.91. The molecular weight excluding hydrogens is 234 g/mol. The van der Waals surface area contributed by atoms with Gasteiger partial charge in [-0.25, -0.2) is 0 Å². The van der Waals surface area contributed by atoms with Crippen LogP contribution in [0.2, 0.25) is 0 Å². The highest BCUT2D eigenvalue weighted by Gasteiger charge is 2.12. The van der Waals surface area contributed by atoms with E-state index >= 15 is 0 Å². The first-order chi connectivity index (χ1) is 9.24. The Bertz CT molecular complexity index is 420. The Balaban J connectivity index is 1.75. The lowest BCUT2D eigenvalue weighted by atomic mass is 9.87. The van der Waals surface area contributed by atoms with Crippen molar-refractivity contribution < 1.29 is 0 Å². The monoisotopic (exact) mass is 259 g/mol. The average Bonchev–Trinajstić information content (AvgIpc) is 2.40. The summed E-state index contributed by atoms with van der Waals surface area (Å²) in [6.45, 7) is 2.91. The van der Waals surface area contributed by atoms with Gasteiger partial charge >= 0.3 is 0 Å². The lowest BCUT2D eigenvalue weighted by molar-refractivity contribution is 0.343. The molecule has 1 aliphatic carbocycles. The molecule has 3 heteroatoms. The van der Waals surface area contributed by atoms with Gasteiger partial charge in [0.2, 0.25) is 0 Å². The van der Waals surface area contributed by atoms with Crippen LogP contribution in [0.3, 0.4) is 0 Å². The zero-order valence-corrected chi connectivity index (χ0v) is 11.9. The molecule has 1 aromatic carbocycles. The summed E-state index contributed by atoms with van der Waals surface area (Å²) in [6, 6.07) is 8.18. The number of nitrogens with two attached hydrogens (primary N) is 1. The number of rotatable bonds is 4. The highest BCUT2D eigenvalue weighted by Crippen LogP contribution is 2.26. The third-order valence-corrected chi connectivity index (χ3v) is 3.83. The fourth-order valence-corrected chi connectivity index (χ4v) is 2.75. The van der Waals surface area contributed by atoms with Crippen molar-refractivity contribution in [1.82, 2.24) is 0 Å². The minimum Gasteiger partial charge on any atom is -0.370 e. The van der Waals surface area contributed by atoms with Crippen LogP contribution in [0.5, 0.6) is 0 Å². The first-order valence-electron chi connectivity index (χ1n) is 7.37. The number of hydrogen-bond acceptors (Lipinski definition) is 1. The molecule has 0 aromatic heterocycles. The topological polar surface area (TPSA) is 50.4 Å². The molecule has 0 aliphatic heterocycles. The third kappa shape index (κ3) is 4.93. The smallest absolute Gasteiger partial charge is 0.193 e. The van der Waals surface area contributed by atoms with Crippen LogP contribution in [0.15, 0.2) is 29.3 Å². The van der Waals surface area contributed by atoms with E-state index in [1.54, 1.807) is 0 Å². The second-order valence-corrected chi connectivity index (χ2v) is 5.55. The summed E-state index contributed by atoms with van der Waals surface area (Å²) in [5.41, 5.74) is 8.15. The molecule has 1 fully saturated rings. The SMILES string of the molecule is Cc1cccc(NC(N)=NCCC2CCCCC2)c1. The molecule has 1 aliphatic rings. The van der Waals surface area contributed by atoms with Crippen LogP contribution in [0.1, 0.15) is 44.1 Å². The summed E-state index contributed by atoms with van der Waals surface area (Å²) in [6.07, 6.45) is 8.13. The predicted molar refractivity (Wildman–Crippen MR) is 82.5 cm³/mol. The van der Waals surface area contributed by atoms with E-state index in [2.05, 4.69) is 29.4 Å². The molecule has 0 spiro atoms. The predicted octanol–water partition coefficient (Wildman–Crippen LogP) is 3.69. The van der Waals surface area contributed by atoms with Gasteiger partial charge in [-0.05, 0) is 37.0 Å². The van der Waals surface area contributed by atoms with Gasteiger partial charge in [0.15, 0.2) is 5.96 Å². The minimum absolute atomic E-state index is 0.529. The summed E-state index contributed by atoms with van der Waals surface area (Å²) in [5, 5.41) is 3.15. The molecule has 2 rings (SSSR count). The molecule has 0 unspecified atom stereocenters. The molecular formula is C16H25N3. The second-order valence-electron chi connectivity index (χ2n) is 5.55. The summed E-state index contributed by atoms with van der Waals surface area (Å²) >= 11 is 0. The molecule has 3 N–H and O–H groups in total. The summed E-state index contributed by atoms with van der Waals surface area (Å²) in [7, 11) is 0. The standard InChI is InChI=1S/C16H25N3/c1-13-6-5-9-15(12-13)19-16(17)18-11-10-14-7-3-2-4-8-14/h5-6,9,12,14H,2-4,7-8,10-11H2,1H3,(H3,17,18,19). The Morgan fingerprint density at radius 1 is 1.32 bits per heavy atom. The molecule has 0 atom stereocenters. The van der Waals surface area contributed by atoms with Crippen molar-refractivity contribution in [3.05, 3.63) is 29.8 Å². The van der Waals surface area contributed by atoms with Gasteiger partial charge in [-0.1, -0.05) is 44.2 Å². The van der Waals surface area contributed by atoms with Crippen LogP contribution in [-0.2, 0) is 0 Å². The molecule has 1 saturated carbocycles. The van der Waals surface area contributed by atoms with E-state index < -0.39 is 0 Å². The van der Waals surface area contributed by atoms with Crippen molar-refractivity contribution in [2.45, 2.75) is 45.4 Å². The van der Waals surface area contributed by atoms with Crippen molar-refractivity contribution in [3.63, 3.8) is 0 Å². The van der Waals surface area contributed by atoms with Crippen LogP contribution in [0.4, 0.5) is 5.69 Å². The van der Waals surface area contributed by atoms with E-state index in [9.17, 15) is 0 Å². The number of aryl methyl sites for hydroxylation is 1.